The largest absolute Gasteiger partial charge is 0.495 e. The zero-order chi connectivity index (χ0) is 13.8. The number of ether oxygens (including phenoxy) is 1. The lowest BCUT2D eigenvalue weighted by atomic mass is 10.2. The molecule has 0 aliphatic rings. The van der Waals surface area contributed by atoms with Gasteiger partial charge in [0, 0.05) is 16.7 Å². The van der Waals surface area contributed by atoms with Crippen molar-refractivity contribution in [2.24, 2.45) is 0 Å². The Hall–Kier alpha value is -0.900. The van der Waals surface area contributed by atoms with Gasteiger partial charge in [-0.3, -0.25) is 0 Å². The molecule has 0 radical (unpaired) electrons. The molecule has 0 fully saturated rings. The van der Waals surface area contributed by atoms with Gasteiger partial charge < -0.3 is 10.1 Å². The van der Waals surface area contributed by atoms with Crippen LogP contribution in [0.1, 0.15) is 5.56 Å². The first-order valence-electron chi connectivity index (χ1n) is 5.61. The van der Waals surface area contributed by atoms with Gasteiger partial charge in [0.05, 0.1) is 17.2 Å². The predicted molar refractivity (Wildman–Crippen MR) is 84.5 cm³/mol. The standard InChI is InChI=1S/C14H12BrCl2NO/c1-19-14-5-2-9(6-13(14)17)8-18-10-3-4-11(15)12(16)7-10/h2-7,18H,8H2,1H3. The normalized spacial score (nSPS) is 10.3. The van der Waals surface area contributed by atoms with E-state index >= 15 is 0 Å². The third-order valence-electron chi connectivity index (χ3n) is 2.63. The smallest absolute Gasteiger partial charge is 0.137 e. The van der Waals surface area contributed by atoms with Crippen molar-refractivity contribution >= 4 is 44.8 Å². The summed E-state index contributed by atoms with van der Waals surface area (Å²) in [6.07, 6.45) is 0. The van der Waals surface area contributed by atoms with Gasteiger partial charge in [0.2, 0.25) is 0 Å². The lowest BCUT2D eigenvalue weighted by molar-refractivity contribution is 0.415. The second-order valence-corrected chi connectivity index (χ2v) is 5.62. The van der Waals surface area contributed by atoms with E-state index < -0.39 is 0 Å². The highest BCUT2D eigenvalue weighted by Gasteiger charge is 2.03. The molecule has 0 bridgehead atoms. The van der Waals surface area contributed by atoms with Crippen LogP contribution >= 0.6 is 39.1 Å². The Morgan fingerprint density at radius 3 is 2.53 bits per heavy atom. The minimum absolute atomic E-state index is 0.607. The lowest BCUT2D eigenvalue weighted by Gasteiger charge is -2.09. The molecule has 0 aliphatic heterocycles. The summed E-state index contributed by atoms with van der Waals surface area (Å²) >= 11 is 15.5. The van der Waals surface area contributed by atoms with E-state index in [1.54, 1.807) is 7.11 Å². The van der Waals surface area contributed by atoms with Crippen molar-refractivity contribution < 1.29 is 4.74 Å². The van der Waals surface area contributed by atoms with Crippen LogP contribution in [0.2, 0.25) is 10.0 Å². The van der Waals surface area contributed by atoms with Gasteiger partial charge in [-0.25, -0.2) is 0 Å². The first-order valence-corrected chi connectivity index (χ1v) is 7.16. The van der Waals surface area contributed by atoms with Gasteiger partial charge in [0.1, 0.15) is 5.75 Å². The van der Waals surface area contributed by atoms with Gasteiger partial charge in [-0.1, -0.05) is 29.3 Å². The van der Waals surface area contributed by atoms with Gasteiger partial charge in [-0.15, -0.1) is 0 Å². The Morgan fingerprint density at radius 2 is 1.89 bits per heavy atom. The Kier molecular flexibility index (Phi) is 4.97. The summed E-state index contributed by atoms with van der Waals surface area (Å²) < 4.78 is 6.00. The summed E-state index contributed by atoms with van der Waals surface area (Å²) in [4.78, 5) is 0. The van der Waals surface area contributed by atoms with Crippen molar-refractivity contribution in [3.05, 3.63) is 56.5 Å². The Bertz CT molecular complexity index is 590. The van der Waals surface area contributed by atoms with E-state index in [1.165, 1.54) is 0 Å². The fraction of sp³-hybridized carbons (Fsp3) is 0.143. The average molecular weight is 361 g/mol. The zero-order valence-electron chi connectivity index (χ0n) is 10.2. The topological polar surface area (TPSA) is 21.3 Å². The second kappa shape index (κ2) is 6.51. The quantitative estimate of drug-likeness (QED) is 0.790. The highest BCUT2D eigenvalue weighted by Crippen LogP contribution is 2.27. The first kappa shape index (κ1) is 14.5. The number of rotatable bonds is 4. The van der Waals surface area contributed by atoms with Crippen LogP contribution < -0.4 is 10.1 Å². The van der Waals surface area contributed by atoms with Crippen LogP contribution in [0.15, 0.2) is 40.9 Å². The third kappa shape index (κ3) is 3.78. The van der Waals surface area contributed by atoms with E-state index in [-0.39, 0.29) is 0 Å². The summed E-state index contributed by atoms with van der Waals surface area (Å²) in [6, 6.07) is 11.4. The van der Waals surface area contributed by atoms with E-state index in [2.05, 4.69) is 21.2 Å². The molecule has 2 aromatic carbocycles. The molecule has 0 amide bonds. The number of hydrogen-bond donors (Lipinski definition) is 1. The van der Waals surface area contributed by atoms with Crippen molar-refractivity contribution in [2.75, 3.05) is 12.4 Å². The molecule has 2 nitrogen and oxygen atoms in total. The summed E-state index contributed by atoms with van der Waals surface area (Å²) in [6.45, 7) is 0.668. The molecule has 0 saturated heterocycles. The van der Waals surface area contributed by atoms with Crippen molar-refractivity contribution in [3.8, 4) is 5.75 Å². The molecule has 0 saturated carbocycles. The van der Waals surface area contributed by atoms with E-state index in [1.807, 2.05) is 36.4 Å². The zero-order valence-corrected chi connectivity index (χ0v) is 13.3. The maximum atomic E-state index is 6.08. The molecule has 19 heavy (non-hydrogen) atoms. The molecular formula is C14H12BrCl2NO. The maximum absolute atomic E-state index is 6.08. The molecule has 1 N–H and O–H groups in total. The molecule has 2 aromatic rings. The summed E-state index contributed by atoms with van der Waals surface area (Å²) in [5, 5.41) is 4.57. The van der Waals surface area contributed by atoms with Gasteiger partial charge >= 0.3 is 0 Å². The van der Waals surface area contributed by atoms with Crippen LogP contribution in [-0.2, 0) is 6.54 Å². The van der Waals surface area contributed by atoms with Gasteiger partial charge in [0.25, 0.3) is 0 Å². The monoisotopic (exact) mass is 359 g/mol. The summed E-state index contributed by atoms with van der Waals surface area (Å²) in [5.74, 6) is 0.678. The number of benzene rings is 2. The molecule has 5 heteroatoms. The molecule has 100 valence electrons. The SMILES string of the molecule is COc1ccc(CNc2ccc(Br)c(Cl)c2)cc1Cl. The Balaban J connectivity index is 2.05. The Labute approximate surface area is 130 Å². The number of halogens is 3. The van der Waals surface area contributed by atoms with Gasteiger partial charge in [-0.2, -0.15) is 0 Å². The second-order valence-electron chi connectivity index (χ2n) is 3.95. The number of anilines is 1. The number of nitrogens with one attached hydrogen (secondary N) is 1. The predicted octanol–water partition coefficient (Wildman–Crippen LogP) is 5.38. The van der Waals surface area contributed by atoms with E-state index in [9.17, 15) is 0 Å². The average Bonchev–Trinajstić information content (AvgIpc) is 2.40. The van der Waals surface area contributed by atoms with E-state index in [0.29, 0.717) is 22.3 Å². The molecule has 0 aromatic heterocycles. The van der Waals surface area contributed by atoms with Crippen LogP contribution in [0.4, 0.5) is 5.69 Å². The number of methoxy groups -OCH3 is 1. The van der Waals surface area contributed by atoms with Gasteiger partial charge in [-0.05, 0) is 51.8 Å². The molecule has 0 atom stereocenters. The Morgan fingerprint density at radius 1 is 1.11 bits per heavy atom. The molecule has 0 spiro atoms. The highest BCUT2D eigenvalue weighted by molar-refractivity contribution is 9.10. The van der Waals surface area contributed by atoms with Crippen LogP contribution in [0.5, 0.6) is 5.75 Å². The number of hydrogen-bond acceptors (Lipinski definition) is 2. The van der Waals surface area contributed by atoms with Crippen molar-refractivity contribution in [1.82, 2.24) is 0 Å². The fourth-order valence-electron chi connectivity index (χ4n) is 1.63. The third-order valence-corrected chi connectivity index (χ3v) is 4.16. The van der Waals surface area contributed by atoms with E-state index in [4.69, 9.17) is 27.9 Å². The van der Waals surface area contributed by atoms with Crippen molar-refractivity contribution in [1.29, 1.82) is 0 Å². The maximum Gasteiger partial charge on any atom is 0.137 e. The molecule has 0 unspecified atom stereocenters. The van der Waals surface area contributed by atoms with Crippen molar-refractivity contribution in [3.63, 3.8) is 0 Å². The summed E-state index contributed by atoms with van der Waals surface area (Å²) in [5.41, 5.74) is 2.03. The van der Waals surface area contributed by atoms with Crippen LogP contribution in [0.3, 0.4) is 0 Å². The minimum atomic E-state index is 0.607. The highest BCUT2D eigenvalue weighted by atomic mass is 79.9. The van der Waals surface area contributed by atoms with Crippen molar-refractivity contribution in [2.45, 2.75) is 6.54 Å². The lowest BCUT2D eigenvalue weighted by Crippen LogP contribution is -1.99. The molecule has 0 aliphatic carbocycles. The molecular weight excluding hydrogens is 349 g/mol. The van der Waals surface area contributed by atoms with Crippen LogP contribution in [0.25, 0.3) is 0 Å². The molecule has 0 heterocycles. The first-order chi connectivity index (χ1) is 9.10. The van der Waals surface area contributed by atoms with Crippen LogP contribution in [0, 0.1) is 0 Å². The molecule has 2 rings (SSSR count). The van der Waals surface area contributed by atoms with Gasteiger partial charge in [0.15, 0.2) is 0 Å². The summed E-state index contributed by atoms with van der Waals surface area (Å²) in [7, 11) is 1.60. The van der Waals surface area contributed by atoms with E-state index in [0.717, 1.165) is 15.7 Å². The van der Waals surface area contributed by atoms with Crippen LogP contribution in [-0.4, -0.2) is 7.11 Å². The minimum Gasteiger partial charge on any atom is -0.495 e. The fourth-order valence-corrected chi connectivity index (χ4v) is 2.34.